The highest BCUT2D eigenvalue weighted by atomic mass is 16.5. The summed E-state index contributed by atoms with van der Waals surface area (Å²) in [5, 5.41) is 2.86. The molecule has 14 heavy (non-hydrogen) atoms. The Bertz CT molecular complexity index is 162. The van der Waals surface area contributed by atoms with E-state index >= 15 is 0 Å². The molecule has 0 saturated heterocycles. The molecule has 0 rings (SSSR count). The topological polar surface area (TPSA) is 64.4 Å². The fourth-order valence-electron chi connectivity index (χ4n) is 1.28. The summed E-state index contributed by atoms with van der Waals surface area (Å²) in [4.78, 5) is 11.6. The van der Waals surface area contributed by atoms with Crippen LogP contribution in [0.25, 0.3) is 0 Å². The molecular weight excluding hydrogens is 180 g/mol. The molecule has 0 aliphatic rings. The van der Waals surface area contributed by atoms with Gasteiger partial charge in [-0.3, -0.25) is 4.79 Å². The molecule has 0 heterocycles. The third kappa shape index (κ3) is 5.19. The van der Waals surface area contributed by atoms with E-state index in [2.05, 4.69) is 12.2 Å². The van der Waals surface area contributed by atoms with Gasteiger partial charge in [0.05, 0.1) is 12.6 Å². The van der Waals surface area contributed by atoms with Crippen LogP contribution in [0.2, 0.25) is 0 Å². The number of carbonyl (C=O) groups is 1. The molecule has 1 amide bonds. The Kier molecular flexibility index (Phi) is 7.42. The average Bonchev–Trinajstić information content (AvgIpc) is 2.17. The lowest BCUT2D eigenvalue weighted by atomic mass is 10.1. The van der Waals surface area contributed by atoms with Gasteiger partial charge in [-0.25, -0.2) is 0 Å². The molecule has 0 aromatic carbocycles. The van der Waals surface area contributed by atoms with Gasteiger partial charge in [0.2, 0.25) is 5.91 Å². The number of nitrogens with two attached hydrogens (primary N) is 1. The van der Waals surface area contributed by atoms with Crippen LogP contribution in [0.3, 0.4) is 0 Å². The molecule has 2 atom stereocenters. The Morgan fingerprint density at radius 2 is 2.21 bits per heavy atom. The molecule has 0 aromatic heterocycles. The molecule has 0 bridgehead atoms. The Labute approximate surface area is 86.2 Å². The summed E-state index contributed by atoms with van der Waals surface area (Å²) in [6.07, 6.45) is 1.93. The minimum absolute atomic E-state index is 0.0610. The third-order valence-corrected chi connectivity index (χ3v) is 2.17. The molecule has 4 heteroatoms. The highest BCUT2D eigenvalue weighted by Crippen LogP contribution is 2.04. The molecule has 0 aliphatic carbocycles. The quantitative estimate of drug-likeness (QED) is 0.632. The molecule has 2 unspecified atom stereocenters. The second kappa shape index (κ2) is 7.76. The van der Waals surface area contributed by atoms with E-state index in [9.17, 15) is 4.79 Å². The predicted octanol–water partition coefficient (Wildman–Crippen LogP) is 0.513. The van der Waals surface area contributed by atoms with E-state index in [0.29, 0.717) is 13.2 Å². The van der Waals surface area contributed by atoms with E-state index in [-0.39, 0.29) is 17.9 Å². The number of hydrogen-bond acceptors (Lipinski definition) is 3. The van der Waals surface area contributed by atoms with Crippen molar-refractivity contribution in [2.45, 2.75) is 32.7 Å². The molecule has 3 N–H and O–H groups in total. The highest BCUT2D eigenvalue weighted by molar-refractivity contribution is 5.78. The molecule has 0 fully saturated rings. The summed E-state index contributed by atoms with van der Waals surface area (Å²) in [7, 11) is 1.60. The minimum Gasteiger partial charge on any atom is -0.383 e. The first-order valence-electron chi connectivity index (χ1n) is 5.15. The van der Waals surface area contributed by atoms with E-state index in [0.717, 1.165) is 12.8 Å². The Balaban J connectivity index is 3.88. The van der Waals surface area contributed by atoms with Crippen molar-refractivity contribution < 1.29 is 9.53 Å². The molecule has 4 nitrogen and oxygen atoms in total. The third-order valence-electron chi connectivity index (χ3n) is 2.17. The van der Waals surface area contributed by atoms with Crippen molar-refractivity contribution in [1.29, 1.82) is 0 Å². The maximum atomic E-state index is 11.6. The van der Waals surface area contributed by atoms with Crippen LogP contribution < -0.4 is 11.1 Å². The molecule has 0 aromatic rings. The SMILES string of the molecule is CCCC(C)C(=O)NC(CN)COC. The van der Waals surface area contributed by atoms with E-state index in [1.807, 2.05) is 6.92 Å². The van der Waals surface area contributed by atoms with Crippen molar-refractivity contribution >= 4 is 5.91 Å². The van der Waals surface area contributed by atoms with Gasteiger partial charge in [0, 0.05) is 19.6 Å². The van der Waals surface area contributed by atoms with Crippen LogP contribution in [0.1, 0.15) is 26.7 Å². The van der Waals surface area contributed by atoms with Crippen molar-refractivity contribution in [3.05, 3.63) is 0 Å². The summed E-state index contributed by atoms with van der Waals surface area (Å²) in [5.74, 6) is 0.130. The summed E-state index contributed by atoms with van der Waals surface area (Å²) >= 11 is 0. The fraction of sp³-hybridized carbons (Fsp3) is 0.900. The normalized spacial score (nSPS) is 14.9. The standard InChI is InChI=1S/C10H22N2O2/c1-4-5-8(2)10(13)12-9(6-11)7-14-3/h8-9H,4-7,11H2,1-3H3,(H,12,13). The average molecular weight is 202 g/mol. The van der Waals surface area contributed by atoms with Crippen LogP contribution >= 0.6 is 0 Å². The van der Waals surface area contributed by atoms with Gasteiger partial charge in [0.15, 0.2) is 0 Å². The molecule has 0 radical (unpaired) electrons. The van der Waals surface area contributed by atoms with Gasteiger partial charge in [-0.05, 0) is 6.42 Å². The zero-order valence-electron chi connectivity index (χ0n) is 9.38. The van der Waals surface area contributed by atoms with Gasteiger partial charge >= 0.3 is 0 Å². The van der Waals surface area contributed by atoms with Crippen molar-refractivity contribution in [3.63, 3.8) is 0 Å². The first kappa shape index (κ1) is 13.4. The van der Waals surface area contributed by atoms with Gasteiger partial charge in [-0.2, -0.15) is 0 Å². The molecule has 84 valence electrons. The maximum absolute atomic E-state index is 11.6. The predicted molar refractivity (Wildman–Crippen MR) is 56.9 cm³/mol. The largest absolute Gasteiger partial charge is 0.383 e. The monoisotopic (exact) mass is 202 g/mol. The summed E-state index contributed by atoms with van der Waals surface area (Å²) in [6.45, 7) is 4.89. The lowest BCUT2D eigenvalue weighted by Crippen LogP contribution is -2.45. The number of rotatable bonds is 7. The lowest BCUT2D eigenvalue weighted by Gasteiger charge is -2.18. The fourth-order valence-corrected chi connectivity index (χ4v) is 1.28. The number of hydrogen-bond donors (Lipinski definition) is 2. The summed E-state index contributed by atoms with van der Waals surface area (Å²) < 4.78 is 4.94. The minimum atomic E-state index is -0.0631. The Hall–Kier alpha value is -0.610. The van der Waals surface area contributed by atoms with Crippen molar-refractivity contribution in [1.82, 2.24) is 5.32 Å². The molecule has 0 spiro atoms. The number of ether oxygens (including phenoxy) is 1. The van der Waals surface area contributed by atoms with Crippen LogP contribution in [0.15, 0.2) is 0 Å². The highest BCUT2D eigenvalue weighted by Gasteiger charge is 2.15. The Morgan fingerprint density at radius 1 is 1.57 bits per heavy atom. The zero-order chi connectivity index (χ0) is 11.0. The number of methoxy groups -OCH3 is 1. The van der Waals surface area contributed by atoms with E-state index in [1.165, 1.54) is 0 Å². The van der Waals surface area contributed by atoms with Crippen molar-refractivity contribution in [3.8, 4) is 0 Å². The van der Waals surface area contributed by atoms with E-state index in [4.69, 9.17) is 10.5 Å². The van der Waals surface area contributed by atoms with Gasteiger partial charge in [0.25, 0.3) is 0 Å². The summed E-state index contributed by atoms with van der Waals surface area (Å²) in [6, 6.07) is -0.0631. The summed E-state index contributed by atoms with van der Waals surface area (Å²) in [5.41, 5.74) is 5.49. The first-order valence-corrected chi connectivity index (χ1v) is 5.15. The number of carbonyl (C=O) groups excluding carboxylic acids is 1. The smallest absolute Gasteiger partial charge is 0.223 e. The van der Waals surface area contributed by atoms with Gasteiger partial charge in [-0.1, -0.05) is 20.3 Å². The van der Waals surface area contributed by atoms with E-state index < -0.39 is 0 Å². The Morgan fingerprint density at radius 3 is 2.64 bits per heavy atom. The van der Waals surface area contributed by atoms with Crippen LogP contribution in [0.5, 0.6) is 0 Å². The van der Waals surface area contributed by atoms with Gasteiger partial charge in [0.1, 0.15) is 0 Å². The maximum Gasteiger partial charge on any atom is 0.223 e. The molecular formula is C10H22N2O2. The first-order chi connectivity index (χ1) is 6.65. The number of amides is 1. The van der Waals surface area contributed by atoms with Crippen LogP contribution in [-0.2, 0) is 9.53 Å². The molecule has 0 aliphatic heterocycles. The second-order valence-electron chi connectivity index (χ2n) is 3.59. The van der Waals surface area contributed by atoms with Gasteiger partial charge < -0.3 is 15.8 Å². The van der Waals surface area contributed by atoms with Crippen LogP contribution in [0.4, 0.5) is 0 Å². The lowest BCUT2D eigenvalue weighted by molar-refractivity contribution is -0.125. The van der Waals surface area contributed by atoms with E-state index in [1.54, 1.807) is 7.11 Å². The molecule has 0 saturated carbocycles. The van der Waals surface area contributed by atoms with Crippen molar-refractivity contribution in [2.75, 3.05) is 20.3 Å². The zero-order valence-corrected chi connectivity index (χ0v) is 9.38. The van der Waals surface area contributed by atoms with Crippen LogP contribution in [0, 0.1) is 5.92 Å². The number of nitrogens with one attached hydrogen (secondary N) is 1. The van der Waals surface area contributed by atoms with Crippen molar-refractivity contribution in [2.24, 2.45) is 11.7 Å². The van der Waals surface area contributed by atoms with Crippen LogP contribution in [-0.4, -0.2) is 32.2 Å². The second-order valence-corrected chi connectivity index (χ2v) is 3.59. The van der Waals surface area contributed by atoms with Gasteiger partial charge in [-0.15, -0.1) is 0 Å².